The molecule has 0 saturated carbocycles. The number of nitrogens with one attached hydrogen (secondary N) is 1. The maximum absolute atomic E-state index is 6.30. The molecule has 1 fully saturated rings. The SMILES string of the molecule is CCC(C)C1CNC(C)(CC)CN1Cc1ccncc1Cl. The summed E-state index contributed by atoms with van der Waals surface area (Å²) in [6, 6.07) is 2.61. The molecule has 1 aromatic heterocycles. The third-order valence-corrected chi connectivity index (χ3v) is 5.41. The second kappa shape index (κ2) is 7.08. The highest BCUT2D eigenvalue weighted by molar-refractivity contribution is 6.31. The van der Waals surface area contributed by atoms with E-state index in [9.17, 15) is 0 Å². The predicted molar refractivity (Wildman–Crippen MR) is 89.6 cm³/mol. The summed E-state index contributed by atoms with van der Waals surface area (Å²) in [5.74, 6) is 0.680. The highest BCUT2D eigenvalue weighted by atomic mass is 35.5. The van der Waals surface area contributed by atoms with E-state index in [1.807, 2.05) is 12.3 Å². The van der Waals surface area contributed by atoms with Crippen molar-refractivity contribution in [2.75, 3.05) is 13.1 Å². The second-order valence-corrected chi connectivity index (χ2v) is 7.03. The van der Waals surface area contributed by atoms with Crippen molar-refractivity contribution in [2.24, 2.45) is 5.92 Å². The summed E-state index contributed by atoms with van der Waals surface area (Å²) in [5, 5.41) is 4.53. The monoisotopic (exact) mass is 309 g/mol. The molecule has 1 N–H and O–H groups in total. The molecule has 0 spiro atoms. The van der Waals surface area contributed by atoms with Crippen molar-refractivity contribution in [3.8, 4) is 0 Å². The molecule has 0 bridgehead atoms. The number of nitrogens with zero attached hydrogens (tertiary/aromatic N) is 2. The topological polar surface area (TPSA) is 28.2 Å². The number of piperazine rings is 1. The standard InChI is InChI=1S/C17H28ClN3/c1-5-13(3)16-10-20-17(4,6-2)12-21(16)11-14-7-8-19-9-15(14)18/h7-9,13,16,20H,5-6,10-12H2,1-4H3. The van der Waals surface area contributed by atoms with Gasteiger partial charge < -0.3 is 5.32 Å². The predicted octanol–water partition coefficient (Wildman–Crippen LogP) is 3.72. The van der Waals surface area contributed by atoms with Crippen LogP contribution in [-0.2, 0) is 6.54 Å². The second-order valence-electron chi connectivity index (χ2n) is 6.62. The first kappa shape index (κ1) is 16.7. The third kappa shape index (κ3) is 3.97. The van der Waals surface area contributed by atoms with Crippen LogP contribution < -0.4 is 5.32 Å². The van der Waals surface area contributed by atoms with Gasteiger partial charge in [0.05, 0.1) is 5.02 Å². The summed E-state index contributed by atoms with van der Waals surface area (Å²) in [6.07, 6.45) is 5.92. The smallest absolute Gasteiger partial charge is 0.0634 e. The molecule has 3 unspecified atom stereocenters. The van der Waals surface area contributed by atoms with Crippen molar-refractivity contribution < 1.29 is 0 Å². The molecule has 1 aliphatic rings. The summed E-state index contributed by atoms with van der Waals surface area (Å²) in [7, 11) is 0. The molecule has 2 heterocycles. The largest absolute Gasteiger partial charge is 0.309 e. The van der Waals surface area contributed by atoms with Gasteiger partial charge >= 0.3 is 0 Å². The fraction of sp³-hybridized carbons (Fsp3) is 0.706. The minimum Gasteiger partial charge on any atom is -0.309 e. The number of halogens is 1. The zero-order valence-corrected chi connectivity index (χ0v) is 14.5. The van der Waals surface area contributed by atoms with E-state index in [1.54, 1.807) is 6.20 Å². The average Bonchev–Trinajstić information content (AvgIpc) is 2.49. The summed E-state index contributed by atoms with van der Waals surface area (Å²) < 4.78 is 0. The summed E-state index contributed by atoms with van der Waals surface area (Å²) >= 11 is 6.30. The first-order valence-electron chi connectivity index (χ1n) is 8.06. The van der Waals surface area contributed by atoms with E-state index >= 15 is 0 Å². The molecule has 4 heteroatoms. The number of pyridine rings is 1. The van der Waals surface area contributed by atoms with Crippen molar-refractivity contribution in [3.63, 3.8) is 0 Å². The lowest BCUT2D eigenvalue weighted by atomic mass is 9.88. The van der Waals surface area contributed by atoms with Gasteiger partial charge in [0.2, 0.25) is 0 Å². The van der Waals surface area contributed by atoms with Gasteiger partial charge in [-0.25, -0.2) is 0 Å². The van der Waals surface area contributed by atoms with Crippen LogP contribution in [0.15, 0.2) is 18.5 Å². The Morgan fingerprint density at radius 1 is 1.52 bits per heavy atom. The Bertz CT molecular complexity index is 465. The molecule has 0 aliphatic carbocycles. The summed E-state index contributed by atoms with van der Waals surface area (Å²) in [4.78, 5) is 6.70. The van der Waals surface area contributed by atoms with Crippen LogP contribution in [0.25, 0.3) is 0 Å². The number of hydrogen-bond acceptors (Lipinski definition) is 3. The molecule has 0 aromatic carbocycles. The fourth-order valence-electron chi connectivity index (χ4n) is 3.10. The highest BCUT2D eigenvalue weighted by Gasteiger charge is 2.36. The van der Waals surface area contributed by atoms with E-state index in [4.69, 9.17) is 11.6 Å². The first-order chi connectivity index (χ1) is 9.99. The maximum atomic E-state index is 6.30. The van der Waals surface area contributed by atoms with E-state index in [0.29, 0.717) is 12.0 Å². The summed E-state index contributed by atoms with van der Waals surface area (Å²) in [6.45, 7) is 12.2. The normalized spacial score (nSPS) is 28.5. The van der Waals surface area contributed by atoms with Gasteiger partial charge in [-0.05, 0) is 30.9 Å². The molecule has 1 aromatic rings. The molecule has 3 atom stereocenters. The van der Waals surface area contributed by atoms with Gasteiger partial charge in [0.1, 0.15) is 0 Å². The first-order valence-corrected chi connectivity index (χ1v) is 8.44. The van der Waals surface area contributed by atoms with Gasteiger partial charge in [0.25, 0.3) is 0 Å². The Kier molecular flexibility index (Phi) is 5.64. The van der Waals surface area contributed by atoms with E-state index < -0.39 is 0 Å². The minimum atomic E-state index is 0.198. The fourth-order valence-corrected chi connectivity index (χ4v) is 3.27. The van der Waals surface area contributed by atoms with Crippen LogP contribution in [0.3, 0.4) is 0 Å². The molecular formula is C17H28ClN3. The highest BCUT2D eigenvalue weighted by Crippen LogP contribution is 2.27. The van der Waals surface area contributed by atoms with E-state index in [-0.39, 0.29) is 5.54 Å². The Morgan fingerprint density at radius 2 is 2.29 bits per heavy atom. The number of hydrogen-bond donors (Lipinski definition) is 1. The number of aromatic nitrogens is 1. The van der Waals surface area contributed by atoms with Crippen molar-refractivity contribution in [1.82, 2.24) is 15.2 Å². The van der Waals surface area contributed by atoms with Crippen LogP contribution in [0.4, 0.5) is 0 Å². The lowest BCUT2D eigenvalue weighted by Crippen LogP contribution is -2.63. The van der Waals surface area contributed by atoms with Gasteiger partial charge in [-0.1, -0.05) is 38.8 Å². The van der Waals surface area contributed by atoms with Crippen LogP contribution >= 0.6 is 11.6 Å². The van der Waals surface area contributed by atoms with Gasteiger partial charge in [-0.3, -0.25) is 9.88 Å². The molecule has 21 heavy (non-hydrogen) atoms. The zero-order valence-electron chi connectivity index (χ0n) is 13.7. The Labute approximate surface area is 134 Å². The Morgan fingerprint density at radius 3 is 2.90 bits per heavy atom. The van der Waals surface area contributed by atoms with Crippen LogP contribution in [0.5, 0.6) is 0 Å². The molecule has 1 saturated heterocycles. The van der Waals surface area contributed by atoms with E-state index in [0.717, 1.165) is 31.1 Å². The van der Waals surface area contributed by atoms with Crippen LogP contribution in [0, 0.1) is 5.92 Å². The van der Waals surface area contributed by atoms with Crippen LogP contribution in [0.2, 0.25) is 5.02 Å². The van der Waals surface area contributed by atoms with Crippen LogP contribution in [-0.4, -0.2) is 34.6 Å². The van der Waals surface area contributed by atoms with Gasteiger partial charge in [0.15, 0.2) is 0 Å². The van der Waals surface area contributed by atoms with Crippen molar-refractivity contribution >= 4 is 11.6 Å². The number of rotatable bonds is 5. The van der Waals surface area contributed by atoms with Gasteiger partial charge in [-0.15, -0.1) is 0 Å². The lowest BCUT2D eigenvalue weighted by molar-refractivity contribution is 0.0487. The maximum Gasteiger partial charge on any atom is 0.0634 e. The van der Waals surface area contributed by atoms with Gasteiger partial charge in [-0.2, -0.15) is 0 Å². The Hall–Kier alpha value is -0.640. The molecular weight excluding hydrogens is 282 g/mol. The molecule has 3 nitrogen and oxygen atoms in total. The Balaban J connectivity index is 2.19. The van der Waals surface area contributed by atoms with Crippen LogP contribution in [0.1, 0.15) is 46.1 Å². The van der Waals surface area contributed by atoms with Crippen molar-refractivity contribution in [2.45, 2.75) is 58.7 Å². The van der Waals surface area contributed by atoms with E-state index in [2.05, 4.69) is 42.9 Å². The average molecular weight is 310 g/mol. The zero-order chi connectivity index (χ0) is 15.5. The molecule has 0 radical (unpaired) electrons. The molecule has 1 aliphatic heterocycles. The molecule has 118 valence electrons. The third-order valence-electron chi connectivity index (χ3n) is 5.07. The van der Waals surface area contributed by atoms with Gasteiger partial charge in [0, 0.05) is 43.6 Å². The molecule has 0 amide bonds. The summed E-state index contributed by atoms with van der Waals surface area (Å²) in [5.41, 5.74) is 1.38. The minimum absolute atomic E-state index is 0.198. The van der Waals surface area contributed by atoms with E-state index in [1.165, 1.54) is 12.0 Å². The lowest BCUT2D eigenvalue weighted by Gasteiger charge is -2.48. The quantitative estimate of drug-likeness (QED) is 0.898. The van der Waals surface area contributed by atoms with Crippen molar-refractivity contribution in [1.29, 1.82) is 0 Å². The molecule has 2 rings (SSSR count). The van der Waals surface area contributed by atoms with Crippen molar-refractivity contribution in [3.05, 3.63) is 29.0 Å².